The number of rotatable bonds is 7. The molecule has 8 nitrogen and oxygen atoms in total. The number of carbonyl (C=O) groups is 1. The Morgan fingerprint density at radius 2 is 2.00 bits per heavy atom. The summed E-state index contributed by atoms with van der Waals surface area (Å²) in [4.78, 5) is 16.6. The van der Waals surface area contributed by atoms with Crippen molar-refractivity contribution in [2.24, 2.45) is 4.99 Å². The lowest BCUT2D eigenvalue weighted by Crippen LogP contribution is -2.39. The van der Waals surface area contributed by atoms with Crippen LogP contribution in [-0.4, -0.2) is 39.8 Å². The Hall–Kier alpha value is -3.81. The van der Waals surface area contributed by atoms with Gasteiger partial charge in [-0.2, -0.15) is 5.10 Å². The van der Waals surface area contributed by atoms with Crippen molar-refractivity contribution in [1.29, 1.82) is 0 Å². The Labute approximate surface area is 175 Å². The zero-order chi connectivity index (χ0) is 21.3. The van der Waals surface area contributed by atoms with Crippen molar-refractivity contribution in [1.82, 2.24) is 20.4 Å². The minimum Gasteiger partial charge on any atom is -0.508 e. The van der Waals surface area contributed by atoms with E-state index in [-0.39, 0.29) is 24.2 Å². The highest BCUT2D eigenvalue weighted by Gasteiger charge is 2.10. The molecule has 1 unspecified atom stereocenters. The summed E-state index contributed by atoms with van der Waals surface area (Å²) in [6.45, 7) is 4.64. The summed E-state index contributed by atoms with van der Waals surface area (Å²) in [7, 11) is 0. The number of nitrogens with zero attached hydrogens (tertiary/aromatic N) is 3. The number of phenolic OH excluding ortho intramolecular Hbond substituents is 1. The smallest absolute Gasteiger partial charge is 0.246 e. The summed E-state index contributed by atoms with van der Waals surface area (Å²) in [5.74, 6) is 0.455. The van der Waals surface area contributed by atoms with Crippen LogP contribution in [0.5, 0.6) is 5.75 Å². The molecule has 4 N–H and O–H groups in total. The van der Waals surface area contributed by atoms with Gasteiger partial charge >= 0.3 is 0 Å². The molecule has 0 saturated carbocycles. The fourth-order valence-electron chi connectivity index (χ4n) is 2.86. The highest BCUT2D eigenvalue weighted by atomic mass is 16.3. The average Bonchev–Trinajstić information content (AvgIpc) is 3.29. The predicted molar refractivity (Wildman–Crippen MR) is 118 cm³/mol. The van der Waals surface area contributed by atoms with E-state index in [1.54, 1.807) is 18.3 Å². The van der Waals surface area contributed by atoms with Gasteiger partial charge in [-0.3, -0.25) is 4.79 Å². The highest BCUT2D eigenvalue weighted by Crippen LogP contribution is 2.16. The van der Waals surface area contributed by atoms with E-state index >= 15 is 0 Å². The number of aromatic hydroxyl groups is 1. The third-order valence-electron chi connectivity index (χ3n) is 4.37. The fourth-order valence-corrected chi connectivity index (χ4v) is 2.86. The second-order valence-electron chi connectivity index (χ2n) is 6.70. The quantitative estimate of drug-likeness (QED) is 0.274. The third-order valence-corrected chi connectivity index (χ3v) is 4.37. The molecule has 0 aliphatic carbocycles. The van der Waals surface area contributed by atoms with Crippen molar-refractivity contribution in [2.45, 2.75) is 19.9 Å². The number of guanidine groups is 1. The molecule has 8 heteroatoms. The van der Waals surface area contributed by atoms with Crippen LogP contribution >= 0.6 is 0 Å². The standard InChI is InChI=1S/C22H26N6O2/c1-3-23-22(24-15-21(30)27-18-8-10-20(29)11-9-18)26-16(2)17-6-4-7-19(14-17)28-13-5-12-25-28/h4-14,16,29H,3,15H2,1-2H3,(H,27,30)(H2,23,24,26). The molecular formula is C22H26N6O2. The number of carbonyl (C=O) groups excluding carboxylic acids is 1. The lowest BCUT2D eigenvalue weighted by Gasteiger charge is -2.19. The monoisotopic (exact) mass is 406 g/mol. The molecule has 0 spiro atoms. The van der Waals surface area contributed by atoms with Crippen molar-refractivity contribution < 1.29 is 9.90 Å². The number of amides is 1. The number of aromatic nitrogens is 2. The molecule has 1 atom stereocenters. The van der Waals surface area contributed by atoms with Crippen molar-refractivity contribution in [2.75, 3.05) is 18.4 Å². The Morgan fingerprint density at radius 3 is 2.70 bits per heavy atom. The van der Waals surface area contributed by atoms with Crippen molar-refractivity contribution in [3.63, 3.8) is 0 Å². The van der Waals surface area contributed by atoms with Gasteiger partial charge in [-0.05, 0) is 61.9 Å². The Morgan fingerprint density at radius 1 is 1.20 bits per heavy atom. The van der Waals surface area contributed by atoms with Crippen LogP contribution in [-0.2, 0) is 4.79 Å². The van der Waals surface area contributed by atoms with E-state index in [9.17, 15) is 9.90 Å². The Kier molecular flexibility index (Phi) is 7.05. The van der Waals surface area contributed by atoms with Gasteiger partial charge in [0.05, 0.1) is 11.7 Å². The van der Waals surface area contributed by atoms with Crippen molar-refractivity contribution >= 4 is 17.6 Å². The van der Waals surface area contributed by atoms with E-state index in [0.29, 0.717) is 18.2 Å². The van der Waals surface area contributed by atoms with Crippen LogP contribution in [0.25, 0.3) is 5.69 Å². The van der Waals surface area contributed by atoms with Crippen LogP contribution in [0.1, 0.15) is 25.5 Å². The summed E-state index contributed by atoms with van der Waals surface area (Å²) in [5.41, 5.74) is 2.65. The maximum absolute atomic E-state index is 12.2. The molecule has 0 bridgehead atoms. The van der Waals surface area contributed by atoms with Gasteiger partial charge in [-0.25, -0.2) is 9.67 Å². The number of nitrogens with one attached hydrogen (secondary N) is 3. The molecule has 1 aromatic heterocycles. The number of hydrogen-bond acceptors (Lipinski definition) is 4. The molecule has 1 heterocycles. The number of anilines is 1. The summed E-state index contributed by atoms with van der Waals surface area (Å²) in [6.07, 6.45) is 3.64. The lowest BCUT2D eigenvalue weighted by molar-refractivity contribution is -0.114. The second kappa shape index (κ2) is 10.1. The zero-order valence-electron chi connectivity index (χ0n) is 17.0. The van der Waals surface area contributed by atoms with Crippen LogP contribution in [0.4, 0.5) is 5.69 Å². The second-order valence-corrected chi connectivity index (χ2v) is 6.70. The summed E-state index contributed by atoms with van der Waals surface area (Å²) < 4.78 is 1.81. The lowest BCUT2D eigenvalue weighted by atomic mass is 10.1. The Balaban J connectivity index is 1.63. The average molecular weight is 406 g/mol. The van der Waals surface area contributed by atoms with Gasteiger partial charge in [-0.1, -0.05) is 12.1 Å². The number of benzene rings is 2. The normalized spacial score (nSPS) is 12.3. The number of aliphatic imine (C=N–C) groups is 1. The van der Waals surface area contributed by atoms with Gasteiger partial charge < -0.3 is 21.1 Å². The van der Waals surface area contributed by atoms with Crippen LogP contribution in [0, 0.1) is 0 Å². The van der Waals surface area contributed by atoms with E-state index in [0.717, 1.165) is 11.3 Å². The van der Waals surface area contributed by atoms with Gasteiger partial charge in [0.15, 0.2) is 5.96 Å². The summed E-state index contributed by atoms with van der Waals surface area (Å²) in [5, 5.41) is 22.8. The molecule has 0 fully saturated rings. The molecule has 3 rings (SSSR count). The van der Waals surface area contributed by atoms with Crippen LogP contribution < -0.4 is 16.0 Å². The molecule has 156 valence electrons. The maximum atomic E-state index is 12.2. The zero-order valence-corrected chi connectivity index (χ0v) is 17.0. The topological polar surface area (TPSA) is 104 Å². The van der Waals surface area contributed by atoms with Gasteiger partial charge in [0.2, 0.25) is 5.91 Å². The fraction of sp³-hybridized carbons (Fsp3) is 0.227. The van der Waals surface area contributed by atoms with Gasteiger partial charge in [0.25, 0.3) is 0 Å². The number of phenols is 1. The van der Waals surface area contributed by atoms with Crippen LogP contribution in [0.15, 0.2) is 72.0 Å². The van der Waals surface area contributed by atoms with Gasteiger partial charge in [0, 0.05) is 24.6 Å². The predicted octanol–water partition coefficient (Wildman–Crippen LogP) is 2.83. The molecule has 1 amide bonds. The molecule has 0 saturated heterocycles. The van der Waals surface area contributed by atoms with E-state index in [1.807, 2.05) is 49.0 Å². The van der Waals surface area contributed by atoms with E-state index in [1.165, 1.54) is 12.1 Å². The maximum Gasteiger partial charge on any atom is 0.246 e. The first-order chi connectivity index (χ1) is 14.5. The molecule has 30 heavy (non-hydrogen) atoms. The summed E-state index contributed by atoms with van der Waals surface area (Å²) >= 11 is 0. The first-order valence-corrected chi connectivity index (χ1v) is 9.79. The van der Waals surface area contributed by atoms with Crippen LogP contribution in [0.3, 0.4) is 0 Å². The van der Waals surface area contributed by atoms with Gasteiger partial charge in [-0.15, -0.1) is 0 Å². The van der Waals surface area contributed by atoms with E-state index in [4.69, 9.17) is 0 Å². The molecule has 0 aliphatic heterocycles. The minimum absolute atomic E-state index is 0.0292. The molecule has 0 aliphatic rings. The minimum atomic E-state index is -0.244. The Bertz CT molecular complexity index is 983. The van der Waals surface area contributed by atoms with Crippen molar-refractivity contribution in [3.05, 3.63) is 72.6 Å². The molecular weight excluding hydrogens is 380 g/mol. The SMILES string of the molecule is CCNC(=NCC(=O)Nc1ccc(O)cc1)NC(C)c1cccc(-n2cccn2)c1. The third kappa shape index (κ3) is 5.84. The molecule has 2 aromatic carbocycles. The van der Waals surface area contributed by atoms with Gasteiger partial charge in [0.1, 0.15) is 12.3 Å². The highest BCUT2D eigenvalue weighted by molar-refractivity contribution is 5.94. The first-order valence-electron chi connectivity index (χ1n) is 9.79. The summed E-state index contributed by atoms with van der Waals surface area (Å²) in [6, 6.07) is 16.2. The molecule has 3 aromatic rings. The van der Waals surface area contributed by atoms with Crippen LogP contribution in [0.2, 0.25) is 0 Å². The molecule has 0 radical (unpaired) electrons. The first kappa shape index (κ1) is 20.9. The van der Waals surface area contributed by atoms with E-state index < -0.39 is 0 Å². The van der Waals surface area contributed by atoms with E-state index in [2.05, 4.69) is 32.1 Å². The largest absolute Gasteiger partial charge is 0.508 e. The number of hydrogen-bond donors (Lipinski definition) is 4. The van der Waals surface area contributed by atoms with Crippen molar-refractivity contribution in [3.8, 4) is 11.4 Å².